The molecule has 3 rings (SSSR count). The zero-order chi connectivity index (χ0) is 21.8. The summed E-state index contributed by atoms with van der Waals surface area (Å²) >= 11 is 7.57. The van der Waals surface area contributed by atoms with Gasteiger partial charge < -0.3 is 9.64 Å². The molecule has 30 heavy (non-hydrogen) atoms. The van der Waals surface area contributed by atoms with Crippen molar-refractivity contribution >= 4 is 49.9 Å². The third kappa shape index (κ3) is 4.86. The first-order valence-electron chi connectivity index (χ1n) is 9.24. The molecule has 158 valence electrons. The molecule has 10 heteroatoms. The summed E-state index contributed by atoms with van der Waals surface area (Å²) < 4.78 is 6.42. The van der Waals surface area contributed by atoms with Crippen LogP contribution in [0.3, 0.4) is 0 Å². The molecular weight excluding hydrogens is 428 g/mol. The molecule has 1 amide bonds. The molecule has 0 aliphatic heterocycles. The lowest BCUT2D eigenvalue weighted by Crippen LogP contribution is -2.37. The summed E-state index contributed by atoms with van der Waals surface area (Å²) in [6, 6.07) is 9.40. The number of nitro benzene ring substituents is 1. The quantitative estimate of drug-likeness (QED) is 0.373. The predicted molar refractivity (Wildman–Crippen MR) is 119 cm³/mol. The van der Waals surface area contributed by atoms with E-state index < -0.39 is 10.8 Å². The van der Waals surface area contributed by atoms with Crippen molar-refractivity contribution in [3.8, 4) is 5.75 Å². The molecule has 0 N–H and O–H groups in total. The molecule has 0 radical (unpaired) electrons. The molecule has 0 atom stereocenters. The van der Waals surface area contributed by atoms with Crippen LogP contribution in [0.15, 0.2) is 36.4 Å². The fourth-order valence-corrected chi connectivity index (χ4v) is 4.00. The van der Waals surface area contributed by atoms with Crippen LogP contribution in [0.2, 0.25) is 5.02 Å². The average Bonchev–Trinajstić information content (AvgIpc) is 3.11. The van der Waals surface area contributed by atoms with Crippen LogP contribution >= 0.6 is 22.9 Å². The largest absolute Gasteiger partial charge is 0.494 e. The fraction of sp³-hybridized carbons (Fsp3) is 0.300. The number of hydrogen-bond donors (Lipinski definition) is 0. The van der Waals surface area contributed by atoms with Crippen molar-refractivity contribution in [3.63, 3.8) is 0 Å². The van der Waals surface area contributed by atoms with E-state index in [1.54, 1.807) is 0 Å². The van der Waals surface area contributed by atoms with E-state index in [1.807, 2.05) is 44.1 Å². The van der Waals surface area contributed by atoms with E-state index in [0.717, 1.165) is 16.0 Å². The molecule has 3 aromatic rings. The van der Waals surface area contributed by atoms with Gasteiger partial charge in [0.05, 0.1) is 32.3 Å². The topological polar surface area (TPSA) is 88.8 Å². The minimum atomic E-state index is -0.551. The van der Waals surface area contributed by atoms with E-state index in [2.05, 4.69) is 4.98 Å². The Morgan fingerprint density at radius 3 is 2.67 bits per heavy atom. The van der Waals surface area contributed by atoms with E-state index in [9.17, 15) is 14.9 Å². The molecule has 0 aliphatic rings. The molecule has 0 saturated heterocycles. The van der Waals surface area contributed by atoms with Gasteiger partial charge in [0.25, 0.3) is 11.6 Å². The van der Waals surface area contributed by atoms with Gasteiger partial charge >= 0.3 is 0 Å². The number of likely N-dealkylation sites (N-methyl/N-ethyl adjacent to an activating group) is 1. The SMILES string of the molecule is CCOc1ccc2nc(N(CCN(C)C)C(=O)c3cc([N+](=O)[O-])ccc3Cl)sc2c1. The fourth-order valence-electron chi connectivity index (χ4n) is 2.78. The summed E-state index contributed by atoms with van der Waals surface area (Å²) in [4.78, 5) is 32.0. The first-order chi connectivity index (χ1) is 14.3. The van der Waals surface area contributed by atoms with Gasteiger partial charge in [-0.15, -0.1) is 0 Å². The number of amides is 1. The Morgan fingerprint density at radius 2 is 2.00 bits per heavy atom. The standard InChI is InChI=1S/C20H21ClN4O4S/c1-4-29-14-6-8-17-18(12-14)30-20(22-17)24(10-9-23(2)3)19(26)15-11-13(25(27)28)5-7-16(15)21/h5-8,11-12H,4,9-10H2,1-3H3. The number of nitrogens with zero attached hydrogens (tertiary/aromatic N) is 4. The second kappa shape index (κ2) is 9.38. The third-order valence-electron chi connectivity index (χ3n) is 4.30. The number of halogens is 1. The summed E-state index contributed by atoms with van der Waals surface area (Å²) in [7, 11) is 3.80. The maximum Gasteiger partial charge on any atom is 0.270 e. The van der Waals surface area contributed by atoms with Crippen molar-refractivity contribution < 1.29 is 14.5 Å². The van der Waals surface area contributed by atoms with Gasteiger partial charge in [0.15, 0.2) is 5.13 Å². The van der Waals surface area contributed by atoms with Gasteiger partial charge in [0.1, 0.15) is 5.75 Å². The van der Waals surface area contributed by atoms with Crippen molar-refractivity contribution in [2.45, 2.75) is 6.92 Å². The van der Waals surface area contributed by atoms with Crippen LogP contribution in [-0.4, -0.2) is 54.5 Å². The van der Waals surface area contributed by atoms with Crippen LogP contribution in [0.25, 0.3) is 10.2 Å². The minimum absolute atomic E-state index is 0.0684. The highest BCUT2D eigenvalue weighted by Gasteiger charge is 2.25. The van der Waals surface area contributed by atoms with E-state index in [-0.39, 0.29) is 16.3 Å². The highest BCUT2D eigenvalue weighted by atomic mass is 35.5. The van der Waals surface area contributed by atoms with E-state index in [4.69, 9.17) is 16.3 Å². The van der Waals surface area contributed by atoms with Crippen LogP contribution in [0.5, 0.6) is 5.75 Å². The van der Waals surface area contributed by atoms with E-state index in [1.165, 1.54) is 34.4 Å². The Balaban J connectivity index is 2.02. The van der Waals surface area contributed by atoms with Crippen LogP contribution < -0.4 is 9.64 Å². The van der Waals surface area contributed by atoms with Crippen LogP contribution in [0.1, 0.15) is 17.3 Å². The Morgan fingerprint density at radius 1 is 1.23 bits per heavy atom. The molecular formula is C20H21ClN4O4S. The minimum Gasteiger partial charge on any atom is -0.494 e. The van der Waals surface area contributed by atoms with Gasteiger partial charge in [0, 0.05) is 25.2 Å². The highest BCUT2D eigenvalue weighted by molar-refractivity contribution is 7.22. The molecule has 1 heterocycles. The first kappa shape index (κ1) is 21.9. The number of carbonyl (C=O) groups is 1. The zero-order valence-corrected chi connectivity index (χ0v) is 18.4. The molecule has 0 spiro atoms. The number of rotatable bonds is 8. The first-order valence-corrected chi connectivity index (χ1v) is 10.4. The van der Waals surface area contributed by atoms with Gasteiger partial charge in [-0.25, -0.2) is 4.98 Å². The number of nitro groups is 1. The lowest BCUT2D eigenvalue weighted by Gasteiger charge is -2.22. The Kier molecular flexibility index (Phi) is 6.86. The van der Waals surface area contributed by atoms with Gasteiger partial charge in [-0.3, -0.25) is 19.8 Å². The zero-order valence-electron chi connectivity index (χ0n) is 16.8. The summed E-state index contributed by atoms with van der Waals surface area (Å²) in [5.74, 6) is 0.294. The maximum atomic E-state index is 13.3. The molecule has 2 aromatic carbocycles. The molecule has 0 bridgehead atoms. The third-order valence-corrected chi connectivity index (χ3v) is 5.67. The number of ether oxygens (including phenoxy) is 1. The summed E-state index contributed by atoms with van der Waals surface area (Å²) in [5.41, 5.74) is 0.617. The Labute approximate surface area is 182 Å². The van der Waals surface area contributed by atoms with Gasteiger partial charge in [-0.05, 0) is 45.3 Å². The van der Waals surface area contributed by atoms with Crippen LogP contribution in [0.4, 0.5) is 10.8 Å². The Hall–Kier alpha value is -2.75. The van der Waals surface area contributed by atoms with Gasteiger partial charge in [0.2, 0.25) is 0 Å². The number of aromatic nitrogens is 1. The molecule has 0 fully saturated rings. The number of non-ortho nitro benzene ring substituents is 1. The number of hydrogen-bond acceptors (Lipinski definition) is 7. The van der Waals surface area contributed by atoms with Crippen LogP contribution in [0, 0.1) is 10.1 Å². The second-order valence-electron chi connectivity index (χ2n) is 6.74. The summed E-state index contributed by atoms with van der Waals surface area (Å²) in [6.07, 6.45) is 0. The molecule has 0 saturated carbocycles. The number of fused-ring (bicyclic) bond motifs is 1. The molecule has 8 nitrogen and oxygen atoms in total. The smallest absolute Gasteiger partial charge is 0.270 e. The summed E-state index contributed by atoms with van der Waals surface area (Å²) in [6.45, 7) is 3.39. The van der Waals surface area contributed by atoms with Crippen LogP contribution in [-0.2, 0) is 0 Å². The lowest BCUT2D eigenvalue weighted by atomic mass is 10.1. The van der Waals surface area contributed by atoms with Gasteiger partial charge in [-0.1, -0.05) is 22.9 Å². The van der Waals surface area contributed by atoms with Crippen molar-refractivity contribution in [2.24, 2.45) is 0 Å². The average molecular weight is 449 g/mol. The monoisotopic (exact) mass is 448 g/mol. The number of benzene rings is 2. The van der Waals surface area contributed by atoms with Crippen molar-refractivity contribution in [2.75, 3.05) is 38.7 Å². The van der Waals surface area contributed by atoms with Gasteiger partial charge in [-0.2, -0.15) is 0 Å². The number of anilines is 1. The van der Waals surface area contributed by atoms with Crippen molar-refractivity contribution in [1.82, 2.24) is 9.88 Å². The number of thiazole rings is 1. The number of carbonyl (C=O) groups excluding carboxylic acids is 1. The molecule has 0 aliphatic carbocycles. The summed E-state index contributed by atoms with van der Waals surface area (Å²) in [5, 5.41) is 11.8. The second-order valence-corrected chi connectivity index (χ2v) is 8.16. The van der Waals surface area contributed by atoms with E-state index >= 15 is 0 Å². The lowest BCUT2D eigenvalue weighted by molar-refractivity contribution is -0.384. The molecule has 0 unspecified atom stereocenters. The van der Waals surface area contributed by atoms with Crippen molar-refractivity contribution in [3.05, 3.63) is 57.1 Å². The predicted octanol–water partition coefficient (Wildman–Crippen LogP) is 4.47. The Bertz CT molecular complexity index is 1090. The van der Waals surface area contributed by atoms with Crippen molar-refractivity contribution in [1.29, 1.82) is 0 Å². The maximum absolute atomic E-state index is 13.3. The highest BCUT2D eigenvalue weighted by Crippen LogP contribution is 2.33. The van der Waals surface area contributed by atoms with E-state index in [0.29, 0.717) is 24.8 Å². The normalized spacial score (nSPS) is 11.1. The molecule has 1 aromatic heterocycles.